The Kier molecular flexibility index (Phi) is 10.4. The highest BCUT2D eigenvalue weighted by atomic mass is 16.5. The van der Waals surface area contributed by atoms with Crippen LogP contribution in [0.15, 0.2) is 0 Å². The average Bonchev–Trinajstić information content (AvgIpc) is 2.63. The topological polar surface area (TPSA) is 59.3 Å². The SMILES string of the molecule is CCCCCC(OCCCC)C1CCNC(NC2CCC(N)CC2)C1. The minimum Gasteiger partial charge on any atom is -0.378 e. The molecule has 0 spiro atoms. The van der Waals surface area contributed by atoms with Gasteiger partial charge in [0.2, 0.25) is 0 Å². The molecular weight excluding hydrogens is 310 g/mol. The van der Waals surface area contributed by atoms with Gasteiger partial charge in [-0.05, 0) is 63.8 Å². The van der Waals surface area contributed by atoms with E-state index in [4.69, 9.17) is 10.5 Å². The maximum Gasteiger partial charge on any atom is 0.0604 e. The predicted molar refractivity (Wildman–Crippen MR) is 107 cm³/mol. The van der Waals surface area contributed by atoms with Crippen molar-refractivity contribution >= 4 is 0 Å². The molecule has 4 heteroatoms. The number of rotatable bonds is 11. The molecule has 0 amide bonds. The summed E-state index contributed by atoms with van der Waals surface area (Å²) >= 11 is 0. The molecule has 2 aliphatic rings. The van der Waals surface area contributed by atoms with E-state index in [0.717, 1.165) is 13.2 Å². The highest BCUT2D eigenvalue weighted by Gasteiger charge is 2.30. The zero-order valence-electron chi connectivity index (χ0n) is 16.8. The third-order valence-electron chi connectivity index (χ3n) is 6.10. The van der Waals surface area contributed by atoms with E-state index in [0.29, 0.717) is 30.3 Å². The molecule has 0 bridgehead atoms. The van der Waals surface area contributed by atoms with Crippen molar-refractivity contribution in [3.8, 4) is 0 Å². The first-order valence-electron chi connectivity index (χ1n) is 11.1. The summed E-state index contributed by atoms with van der Waals surface area (Å²) in [5.41, 5.74) is 6.05. The lowest BCUT2D eigenvalue weighted by molar-refractivity contribution is -0.0129. The molecule has 2 fully saturated rings. The first-order valence-corrected chi connectivity index (χ1v) is 11.1. The van der Waals surface area contributed by atoms with Gasteiger partial charge in [-0.15, -0.1) is 0 Å². The molecule has 3 atom stereocenters. The molecule has 1 saturated heterocycles. The molecule has 1 heterocycles. The largest absolute Gasteiger partial charge is 0.378 e. The van der Waals surface area contributed by atoms with Gasteiger partial charge in [-0.25, -0.2) is 0 Å². The van der Waals surface area contributed by atoms with Crippen molar-refractivity contribution < 1.29 is 4.74 Å². The van der Waals surface area contributed by atoms with E-state index in [2.05, 4.69) is 24.5 Å². The van der Waals surface area contributed by atoms with Gasteiger partial charge in [0.1, 0.15) is 0 Å². The average molecular weight is 354 g/mol. The molecule has 3 unspecified atom stereocenters. The molecule has 0 aromatic carbocycles. The number of hydrogen-bond acceptors (Lipinski definition) is 4. The molecule has 148 valence electrons. The summed E-state index contributed by atoms with van der Waals surface area (Å²) in [4.78, 5) is 0. The van der Waals surface area contributed by atoms with E-state index < -0.39 is 0 Å². The Morgan fingerprint density at radius 1 is 1.04 bits per heavy atom. The van der Waals surface area contributed by atoms with Crippen LogP contribution < -0.4 is 16.4 Å². The van der Waals surface area contributed by atoms with Crippen LogP contribution in [0.3, 0.4) is 0 Å². The molecule has 0 aromatic heterocycles. The van der Waals surface area contributed by atoms with Gasteiger partial charge in [0.05, 0.1) is 12.3 Å². The lowest BCUT2D eigenvalue weighted by Gasteiger charge is -2.38. The number of unbranched alkanes of at least 4 members (excludes halogenated alkanes) is 3. The lowest BCUT2D eigenvalue weighted by Crippen LogP contribution is -2.54. The summed E-state index contributed by atoms with van der Waals surface area (Å²) in [5, 5.41) is 7.57. The van der Waals surface area contributed by atoms with Crippen molar-refractivity contribution in [1.82, 2.24) is 10.6 Å². The van der Waals surface area contributed by atoms with Gasteiger partial charge in [0, 0.05) is 18.7 Å². The molecule has 0 radical (unpaired) electrons. The van der Waals surface area contributed by atoms with Crippen LogP contribution in [0, 0.1) is 5.92 Å². The van der Waals surface area contributed by atoms with Gasteiger partial charge < -0.3 is 15.8 Å². The van der Waals surface area contributed by atoms with Gasteiger partial charge >= 0.3 is 0 Å². The fourth-order valence-electron chi connectivity index (χ4n) is 4.41. The monoisotopic (exact) mass is 353 g/mol. The number of nitrogens with two attached hydrogens (primary N) is 1. The van der Waals surface area contributed by atoms with E-state index in [-0.39, 0.29) is 0 Å². The van der Waals surface area contributed by atoms with Crippen LogP contribution in [-0.4, -0.2) is 37.5 Å². The van der Waals surface area contributed by atoms with E-state index in [1.807, 2.05) is 0 Å². The Morgan fingerprint density at radius 2 is 1.80 bits per heavy atom. The van der Waals surface area contributed by atoms with E-state index in [9.17, 15) is 0 Å². The second-order valence-electron chi connectivity index (χ2n) is 8.33. The third-order valence-corrected chi connectivity index (χ3v) is 6.10. The van der Waals surface area contributed by atoms with Gasteiger partial charge in [-0.2, -0.15) is 0 Å². The Labute approximate surface area is 156 Å². The van der Waals surface area contributed by atoms with Crippen molar-refractivity contribution in [2.24, 2.45) is 11.7 Å². The smallest absolute Gasteiger partial charge is 0.0604 e. The first-order chi connectivity index (χ1) is 12.2. The normalized spacial score (nSPS) is 31.8. The maximum absolute atomic E-state index is 6.35. The number of hydrogen-bond donors (Lipinski definition) is 3. The third kappa shape index (κ3) is 7.94. The Hall–Kier alpha value is -0.160. The van der Waals surface area contributed by atoms with Crippen molar-refractivity contribution in [1.29, 1.82) is 0 Å². The van der Waals surface area contributed by atoms with Crippen molar-refractivity contribution in [3.63, 3.8) is 0 Å². The van der Waals surface area contributed by atoms with Gasteiger partial charge in [0.15, 0.2) is 0 Å². The molecule has 2 rings (SSSR count). The summed E-state index contributed by atoms with van der Waals surface area (Å²) in [6, 6.07) is 1.08. The van der Waals surface area contributed by atoms with Crippen molar-refractivity contribution in [3.05, 3.63) is 0 Å². The molecular formula is C21H43N3O. The van der Waals surface area contributed by atoms with E-state index in [1.165, 1.54) is 77.0 Å². The Bertz CT molecular complexity index is 321. The van der Waals surface area contributed by atoms with E-state index in [1.54, 1.807) is 0 Å². The molecule has 1 aliphatic heterocycles. The quantitative estimate of drug-likeness (QED) is 0.493. The summed E-state index contributed by atoms with van der Waals surface area (Å²) < 4.78 is 6.35. The zero-order valence-corrected chi connectivity index (χ0v) is 16.8. The van der Waals surface area contributed by atoms with Crippen LogP contribution in [-0.2, 0) is 4.74 Å². The van der Waals surface area contributed by atoms with Crippen LogP contribution in [0.2, 0.25) is 0 Å². The molecule has 1 aliphatic carbocycles. The molecule has 25 heavy (non-hydrogen) atoms. The molecule has 1 saturated carbocycles. The van der Waals surface area contributed by atoms with Crippen LogP contribution >= 0.6 is 0 Å². The van der Waals surface area contributed by atoms with Crippen LogP contribution in [0.5, 0.6) is 0 Å². The number of ether oxygens (including phenoxy) is 1. The lowest BCUT2D eigenvalue weighted by atomic mass is 9.86. The predicted octanol–water partition coefficient (Wildman–Crippen LogP) is 3.94. The van der Waals surface area contributed by atoms with Crippen LogP contribution in [0.1, 0.15) is 90.9 Å². The summed E-state index contributed by atoms with van der Waals surface area (Å²) in [6.45, 7) is 6.59. The van der Waals surface area contributed by atoms with Gasteiger partial charge in [0.25, 0.3) is 0 Å². The minimum atomic E-state index is 0.431. The van der Waals surface area contributed by atoms with Crippen molar-refractivity contribution in [2.45, 2.75) is 115 Å². The Morgan fingerprint density at radius 3 is 2.52 bits per heavy atom. The zero-order chi connectivity index (χ0) is 17.9. The maximum atomic E-state index is 6.35. The molecule has 0 aromatic rings. The van der Waals surface area contributed by atoms with E-state index >= 15 is 0 Å². The fourth-order valence-corrected chi connectivity index (χ4v) is 4.41. The van der Waals surface area contributed by atoms with Gasteiger partial charge in [-0.1, -0.05) is 39.5 Å². The molecule has 4 nitrogen and oxygen atoms in total. The minimum absolute atomic E-state index is 0.431. The Balaban J connectivity index is 1.79. The summed E-state index contributed by atoms with van der Waals surface area (Å²) in [5.74, 6) is 0.707. The highest BCUT2D eigenvalue weighted by Crippen LogP contribution is 2.27. The molecule has 4 N–H and O–H groups in total. The second-order valence-corrected chi connectivity index (χ2v) is 8.33. The summed E-state index contributed by atoms with van der Waals surface area (Å²) in [6.07, 6.45) is 15.8. The first kappa shape index (κ1) is 21.1. The van der Waals surface area contributed by atoms with Crippen LogP contribution in [0.25, 0.3) is 0 Å². The summed E-state index contributed by atoms with van der Waals surface area (Å²) in [7, 11) is 0. The fraction of sp³-hybridized carbons (Fsp3) is 1.00. The van der Waals surface area contributed by atoms with Crippen LogP contribution in [0.4, 0.5) is 0 Å². The van der Waals surface area contributed by atoms with Crippen molar-refractivity contribution in [2.75, 3.05) is 13.2 Å². The second kappa shape index (κ2) is 12.3. The number of nitrogens with one attached hydrogen (secondary N) is 2. The highest BCUT2D eigenvalue weighted by molar-refractivity contribution is 4.86. The standard InChI is InChI=1S/C21H43N3O/c1-3-5-7-8-20(25-15-6-4-2)17-13-14-23-21(16-17)24-19-11-9-18(22)10-12-19/h17-21,23-24H,3-16,22H2,1-2H3. The number of piperidine rings is 1. The van der Waals surface area contributed by atoms with Gasteiger partial charge in [-0.3, -0.25) is 5.32 Å².